The standard InChI is InChI=1S/C18H24N2S/c1-6-7-13-8-10-14(11-9-13)15-12(2)16(21)20-17(19-15)18(3,4)5/h8-11H,6-7H2,1-5H3,(H,19,20,21). The first-order valence-electron chi connectivity index (χ1n) is 7.53. The van der Waals surface area contributed by atoms with E-state index in [0.717, 1.165) is 23.5 Å². The lowest BCUT2D eigenvalue weighted by Crippen LogP contribution is -2.17. The summed E-state index contributed by atoms with van der Waals surface area (Å²) in [5.41, 5.74) is 4.64. The van der Waals surface area contributed by atoms with Crippen LogP contribution in [0.25, 0.3) is 11.3 Å². The van der Waals surface area contributed by atoms with Crippen molar-refractivity contribution in [3.8, 4) is 11.3 Å². The first-order chi connectivity index (χ1) is 9.82. The molecular formula is C18H24N2S. The van der Waals surface area contributed by atoms with Gasteiger partial charge in [-0.25, -0.2) is 4.98 Å². The molecule has 1 N–H and O–H groups in total. The van der Waals surface area contributed by atoms with Gasteiger partial charge < -0.3 is 4.98 Å². The van der Waals surface area contributed by atoms with E-state index in [1.54, 1.807) is 0 Å². The van der Waals surface area contributed by atoms with Crippen LogP contribution in [-0.4, -0.2) is 9.97 Å². The summed E-state index contributed by atoms with van der Waals surface area (Å²) in [7, 11) is 0. The molecule has 0 spiro atoms. The third kappa shape index (κ3) is 3.59. The lowest BCUT2D eigenvalue weighted by molar-refractivity contribution is 0.544. The average molecular weight is 300 g/mol. The van der Waals surface area contributed by atoms with E-state index < -0.39 is 0 Å². The number of rotatable bonds is 3. The molecule has 3 heteroatoms. The maximum atomic E-state index is 5.43. The first-order valence-corrected chi connectivity index (χ1v) is 7.94. The number of nitrogens with one attached hydrogen (secondary N) is 1. The number of hydrogen-bond acceptors (Lipinski definition) is 2. The number of nitrogens with zero attached hydrogens (tertiary/aromatic N) is 1. The fourth-order valence-electron chi connectivity index (χ4n) is 2.30. The van der Waals surface area contributed by atoms with E-state index >= 15 is 0 Å². The SMILES string of the molecule is CCCc1ccc(-c2[nH]c(C(C)(C)C)nc(=S)c2C)cc1. The molecular weight excluding hydrogens is 276 g/mol. The number of aromatic amines is 1. The van der Waals surface area contributed by atoms with Gasteiger partial charge in [0.05, 0.1) is 5.69 Å². The highest BCUT2D eigenvalue weighted by Gasteiger charge is 2.18. The van der Waals surface area contributed by atoms with E-state index in [0.29, 0.717) is 4.64 Å². The van der Waals surface area contributed by atoms with Crippen molar-refractivity contribution in [2.75, 3.05) is 0 Å². The maximum Gasteiger partial charge on any atom is 0.133 e. The van der Waals surface area contributed by atoms with Gasteiger partial charge in [-0.05, 0) is 24.5 Å². The van der Waals surface area contributed by atoms with Crippen molar-refractivity contribution in [1.29, 1.82) is 0 Å². The molecule has 2 nitrogen and oxygen atoms in total. The van der Waals surface area contributed by atoms with Gasteiger partial charge in [-0.2, -0.15) is 0 Å². The predicted molar refractivity (Wildman–Crippen MR) is 92.3 cm³/mol. The minimum atomic E-state index is -0.0435. The third-order valence-electron chi connectivity index (χ3n) is 3.64. The van der Waals surface area contributed by atoms with E-state index in [1.807, 2.05) is 6.92 Å². The quantitative estimate of drug-likeness (QED) is 0.772. The Morgan fingerprint density at radius 1 is 1.14 bits per heavy atom. The summed E-state index contributed by atoms with van der Waals surface area (Å²) < 4.78 is 0.686. The highest BCUT2D eigenvalue weighted by molar-refractivity contribution is 7.71. The summed E-state index contributed by atoms with van der Waals surface area (Å²) in [5.74, 6) is 0.936. The van der Waals surface area contributed by atoms with Crippen molar-refractivity contribution in [2.24, 2.45) is 0 Å². The number of aryl methyl sites for hydroxylation is 1. The monoisotopic (exact) mass is 300 g/mol. The van der Waals surface area contributed by atoms with Gasteiger partial charge in [-0.1, -0.05) is 70.6 Å². The van der Waals surface area contributed by atoms with Crippen molar-refractivity contribution in [1.82, 2.24) is 9.97 Å². The van der Waals surface area contributed by atoms with E-state index in [9.17, 15) is 0 Å². The molecule has 0 fully saturated rings. The van der Waals surface area contributed by atoms with Crippen LogP contribution in [-0.2, 0) is 11.8 Å². The zero-order valence-electron chi connectivity index (χ0n) is 13.6. The Morgan fingerprint density at radius 2 is 1.76 bits per heavy atom. The number of H-pyrrole nitrogens is 1. The largest absolute Gasteiger partial charge is 0.342 e. The number of hydrogen-bond donors (Lipinski definition) is 1. The Bertz CT molecular complexity index is 676. The summed E-state index contributed by atoms with van der Waals surface area (Å²) in [5, 5.41) is 0. The number of benzene rings is 1. The molecule has 112 valence electrons. The van der Waals surface area contributed by atoms with Crippen LogP contribution in [0.15, 0.2) is 24.3 Å². The Labute approximate surface area is 132 Å². The molecule has 0 saturated carbocycles. The van der Waals surface area contributed by atoms with Crippen LogP contribution in [0.5, 0.6) is 0 Å². The van der Waals surface area contributed by atoms with E-state index in [4.69, 9.17) is 12.2 Å². The molecule has 1 heterocycles. The Kier molecular flexibility index (Phi) is 4.62. The smallest absolute Gasteiger partial charge is 0.133 e. The zero-order valence-corrected chi connectivity index (χ0v) is 14.4. The molecule has 0 aliphatic heterocycles. The maximum absolute atomic E-state index is 5.43. The van der Waals surface area contributed by atoms with Gasteiger partial charge in [0.25, 0.3) is 0 Å². The minimum Gasteiger partial charge on any atom is -0.342 e. The molecule has 1 aromatic heterocycles. The molecule has 0 radical (unpaired) electrons. The van der Waals surface area contributed by atoms with Crippen LogP contribution in [0, 0.1) is 11.6 Å². The van der Waals surface area contributed by atoms with Crippen LogP contribution in [0.2, 0.25) is 0 Å². The van der Waals surface area contributed by atoms with Gasteiger partial charge >= 0.3 is 0 Å². The molecule has 0 aliphatic rings. The molecule has 2 aromatic rings. The summed E-state index contributed by atoms with van der Waals surface area (Å²) >= 11 is 5.43. The molecule has 0 amide bonds. The summed E-state index contributed by atoms with van der Waals surface area (Å²) in [4.78, 5) is 8.02. The lowest BCUT2D eigenvalue weighted by Gasteiger charge is -2.20. The zero-order chi connectivity index (χ0) is 15.6. The van der Waals surface area contributed by atoms with Crippen LogP contribution in [0.1, 0.15) is 51.1 Å². The Hall–Kier alpha value is -1.48. The summed E-state index contributed by atoms with van der Waals surface area (Å²) in [6.07, 6.45) is 2.29. The van der Waals surface area contributed by atoms with Gasteiger partial charge in [-0.15, -0.1) is 0 Å². The average Bonchev–Trinajstić information content (AvgIpc) is 2.42. The van der Waals surface area contributed by atoms with Gasteiger partial charge in [0.2, 0.25) is 0 Å². The summed E-state index contributed by atoms with van der Waals surface area (Å²) in [6, 6.07) is 8.74. The Balaban J connectivity index is 2.52. The fraction of sp³-hybridized carbons (Fsp3) is 0.444. The van der Waals surface area contributed by atoms with E-state index in [1.165, 1.54) is 17.5 Å². The second-order valence-electron chi connectivity index (χ2n) is 6.59. The van der Waals surface area contributed by atoms with Crippen LogP contribution >= 0.6 is 12.2 Å². The fourth-order valence-corrected chi connectivity index (χ4v) is 2.50. The molecule has 21 heavy (non-hydrogen) atoms. The second kappa shape index (κ2) is 6.10. The molecule has 0 saturated heterocycles. The molecule has 0 aliphatic carbocycles. The van der Waals surface area contributed by atoms with Crippen molar-refractivity contribution in [3.05, 3.63) is 45.9 Å². The summed E-state index contributed by atoms with van der Waals surface area (Å²) in [6.45, 7) is 10.7. The lowest BCUT2D eigenvalue weighted by atomic mass is 9.95. The molecule has 0 bridgehead atoms. The molecule has 1 aromatic carbocycles. The van der Waals surface area contributed by atoms with Gasteiger partial charge in [0, 0.05) is 11.0 Å². The van der Waals surface area contributed by atoms with E-state index in [2.05, 4.69) is 61.9 Å². The van der Waals surface area contributed by atoms with Crippen LogP contribution in [0.3, 0.4) is 0 Å². The third-order valence-corrected chi connectivity index (χ3v) is 4.04. The minimum absolute atomic E-state index is 0.0435. The van der Waals surface area contributed by atoms with E-state index in [-0.39, 0.29) is 5.41 Å². The van der Waals surface area contributed by atoms with Crippen molar-refractivity contribution >= 4 is 12.2 Å². The van der Waals surface area contributed by atoms with Crippen molar-refractivity contribution in [2.45, 2.75) is 52.9 Å². The normalized spacial score (nSPS) is 11.7. The predicted octanol–water partition coefficient (Wildman–Crippen LogP) is 5.36. The number of aromatic nitrogens is 2. The highest BCUT2D eigenvalue weighted by atomic mass is 32.1. The molecule has 0 atom stereocenters. The molecule has 2 rings (SSSR count). The first kappa shape index (κ1) is 15.9. The van der Waals surface area contributed by atoms with Crippen LogP contribution < -0.4 is 0 Å². The Morgan fingerprint density at radius 3 is 2.29 bits per heavy atom. The second-order valence-corrected chi connectivity index (χ2v) is 6.97. The highest BCUT2D eigenvalue weighted by Crippen LogP contribution is 2.26. The van der Waals surface area contributed by atoms with Gasteiger partial charge in [-0.3, -0.25) is 0 Å². The van der Waals surface area contributed by atoms with Gasteiger partial charge in [0.15, 0.2) is 0 Å². The van der Waals surface area contributed by atoms with Crippen LogP contribution in [0.4, 0.5) is 0 Å². The van der Waals surface area contributed by atoms with Gasteiger partial charge in [0.1, 0.15) is 10.5 Å². The van der Waals surface area contributed by atoms with Crippen molar-refractivity contribution in [3.63, 3.8) is 0 Å². The van der Waals surface area contributed by atoms with Crippen molar-refractivity contribution < 1.29 is 0 Å². The topological polar surface area (TPSA) is 28.7 Å². The molecule has 0 unspecified atom stereocenters.